The number of fused-ring (bicyclic) bond motifs is 1. The van der Waals surface area contributed by atoms with Gasteiger partial charge in [-0.05, 0) is 37.8 Å². The molecule has 1 saturated carbocycles. The largest absolute Gasteiger partial charge is 0.340 e. The third-order valence-corrected chi connectivity index (χ3v) is 5.94. The summed E-state index contributed by atoms with van der Waals surface area (Å²) in [5.41, 5.74) is 1.71. The smallest absolute Gasteiger partial charge is 0.249 e. The molecule has 3 aromatic rings. The van der Waals surface area contributed by atoms with Crippen LogP contribution >= 0.6 is 0 Å². The SMILES string of the molecule is CC[C@@H]1C(=O)N(C)c2cnc(-n3ccnc3-c3ccncc3)nc2N1C1CCC1. The first kappa shape index (κ1) is 17.8. The molecule has 0 radical (unpaired) electrons. The molecule has 1 fully saturated rings. The monoisotopic (exact) mass is 389 g/mol. The van der Waals surface area contributed by atoms with Crippen molar-refractivity contribution in [1.82, 2.24) is 24.5 Å². The van der Waals surface area contributed by atoms with Crippen molar-refractivity contribution in [1.29, 1.82) is 0 Å². The molecule has 0 unspecified atom stereocenters. The minimum Gasteiger partial charge on any atom is -0.340 e. The first-order valence-electron chi connectivity index (χ1n) is 10.1. The summed E-state index contributed by atoms with van der Waals surface area (Å²) in [6.45, 7) is 2.06. The Balaban J connectivity index is 1.63. The van der Waals surface area contributed by atoms with Crippen molar-refractivity contribution in [3.05, 3.63) is 43.1 Å². The van der Waals surface area contributed by atoms with Gasteiger partial charge in [-0.3, -0.25) is 14.3 Å². The van der Waals surface area contributed by atoms with Gasteiger partial charge < -0.3 is 9.80 Å². The molecule has 3 aromatic heterocycles. The molecule has 0 bridgehead atoms. The van der Waals surface area contributed by atoms with E-state index in [1.54, 1.807) is 29.7 Å². The Morgan fingerprint density at radius 3 is 2.62 bits per heavy atom. The van der Waals surface area contributed by atoms with Gasteiger partial charge in [0.05, 0.1) is 6.20 Å². The average Bonchev–Trinajstić information content (AvgIpc) is 3.21. The molecule has 5 rings (SSSR count). The zero-order chi connectivity index (χ0) is 20.0. The fourth-order valence-electron chi connectivity index (χ4n) is 4.15. The molecule has 2 aliphatic rings. The Hall–Kier alpha value is -3.29. The van der Waals surface area contributed by atoms with Crippen LogP contribution in [0.3, 0.4) is 0 Å². The van der Waals surface area contributed by atoms with Crippen LogP contribution in [0.4, 0.5) is 11.5 Å². The summed E-state index contributed by atoms with van der Waals surface area (Å²) < 4.78 is 1.88. The maximum atomic E-state index is 12.9. The highest BCUT2D eigenvalue weighted by Gasteiger charge is 2.42. The van der Waals surface area contributed by atoms with Gasteiger partial charge in [0.2, 0.25) is 11.9 Å². The minimum atomic E-state index is -0.178. The van der Waals surface area contributed by atoms with E-state index in [9.17, 15) is 4.79 Å². The van der Waals surface area contributed by atoms with Crippen molar-refractivity contribution in [3.63, 3.8) is 0 Å². The Labute approximate surface area is 169 Å². The molecule has 8 nitrogen and oxygen atoms in total. The molecule has 1 aliphatic carbocycles. The number of imidazole rings is 1. The second-order valence-corrected chi connectivity index (χ2v) is 7.55. The summed E-state index contributed by atoms with van der Waals surface area (Å²) in [6, 6.07) is 4.01. The third kappa shape index (κ3) is 2.78. The van der Waals surface area contributed by atoms with Crippen LogP contribution in [0.2, 0.25) is 0 Å². The van der Waals surface area contributed by atoms with Crippen molar-refractivity contribution in [3.8, 4) is 17.3 Å². The van der Waals surface area contributed by atoms with E-state index in [4.69, 9.17) is 4.98 Å². The quantitative estimate of drug-likeness (QED) is 0.683. The Morgan fingerprint density at radius 1 is 1.14 bits per heavy atom. The number of hydrogen-bond acceptors (Lipinski definition) is 6. The van der Waals surface area contributed by atoms with Gasteiger partial charge in [-0.25, -0.2) is 9.97 Å². The highest BCUT2D eigenvalue weighted by atomic mass is 16.2. The molecule has 0 aromatic carbocycles. The molecule has 1 atom stereocenters. The van der Waals surface area contributed by atoms with E-state index in [0.717, 1.165) is 42.2 Å². The van der Waals surface area contributed by atoms with Crippen molar-refractivity contribution in [2.24, 2.45) is 0 Å². The van der Waals surface area contributed by atoms with E-state index >= 15 is 0 Å². The number of nitrogens with zero attached hydrogens (tertiary/aromatic N) is 7. The summed E-state index contributed by atoms with van der Waals surface area (Å²) in [7, 11) is 1.81. The van der Waals surface area contributed by atoms with Crippen LogP contribution in [0, 0.1) is 0 Å². The molecule has 0 N–H and O–H groups in total. The van der Waals surface area contributed by atoms with E-state index in [2.05, 4.69) is 26.8 Å². The third-order valence-electron chi connectivity index (χ3n) is 5.94. The lowest BCUT2D eigenvalue weighted by Crippen LogP contribution is -2.57. The number of hydrogen-bond donors (Lipinski definition) is 0. The van der Waals surface area contributed by atoms with Crippen LogP contribution in [-0.4, -0.2) is 49.5 Å². The molecular weight excluding hydrogens is 366 g/mol. The minimum absolute atomic E-state index is 0.114. The predicted octanol–water partition coefficient (Wildman–Crippen LogP) is 2.84. The van der Waals surface area contributed by atoms with E-state index in [1.165, 1.54) is 6.42 Å². The number of anilines is 2. The van der Waals surface area contributed by atoms with Crippen LogP contribution in [0.5, 0.6) is 0 Å². The average molecular weight is 389 g/mol. The van der Waals surface area contributed by atoms with Crippen LogP contribution in [-0.2, 0) is 4.79 Å². The van der Waals surface area contributed by atoms with Crippen LogP contribution < -0.4 is 9.80 Å². The van der Waals surface area contributed by atoms with Gasteiger partial charge in [-0.2, -0.15) is 4.98 Å². The van der Waals surface area contributed by atoms with E-state index < -0.39 is 0 Å². The number of pyridine rings is 1. The van der Waals surface area contributed by atoms with E-state index in [1.807, 2.05) is 29.9 Å². The standard InChI is InChI=1S/C21H23N7O/c1-3-16-20(29)26(2)17-13-24-21(25-19(17)28(16)15-5-4-6-15)27-12-11-23-18(27)14-7-9-22-10-8-14/h7-13,15-16H,3-6H2,1-2H3/t16-/m1/s1. The van der Waals surface area contributed by atoms with Gasteiger partial charge in [0.25, 0.3) is 0 Å². The molecule has 148 valence electrons. The highest BCUT2D eigenvalue weighted by Crippen LogP contribution is 2.40. The maximum absolute atomic E-state index is 12.9. The number of rotatable bonds is 4. The maximum Gasteiger partial charge on any atom is 0.249 e. The van der Waals surface area contributed by atoms with Gasteiger partial charge in [-0.15, -0.1) is 0 Å². The lowest BCUT2D eigenvalue weighted by atomic mass is 9.88. The number of carbonyl (C=O) groups excluding carboxylic acids is 1. The molecule has 0 saturated heterocycles. The van der Waals surface area contributed by atoms with Gasteiger partial charge in [0.1, 0.15) is 17.6 Å². The van der Waals surface area contributed by atoms with Gasteiger partial charge >= 0.3 is 0 Å². The molecular formula is C21H23N7O. The second-order valence-electron chi connectivity index (χ2n) is 7.55. The van der Waals surface area contributed by atoms with Crippen molar-refractivity contribution >= 4 is 17.4 Å². The number of amides is 1. The summed E-state index contributed by atoms with van der Waals surface area (Å²) in [4.78, 5) is 34.9. The van der Waals surface area contributed by atoms with Gasteiger partial charge in [0, 0.05) is 43.4 Å². The summed E-state index contributed by atoms with van der Waals surface area (Å²) in [6.07, 6.45) is 13.0. The molecule has 8 heteroatoms. The molecule has 1 aliphatic heterocycles. The summed E-state index contributed by atoms with van der Waals surface area (Å²) >= 11 is 0. The highest BCUT2D eigenvalue weighted by molar-refractivity contribution is 6.04. The molecule has 1 amide bonds. The number of carbonyl (C=O) groups is 1. The zero-order valence-corrected chi connectivity index (χ0v) is 16.6. The fourth-order valence-corrected chi connectivity index (χ4v) is 4.15. The van der Waals surface area contributed by atoms with Gasteiger partial charge in [-0.1, -0.05) is 6.92 Å². The first-order chi connectivity index (χ1) is 14.2. The molecule has 4 heterocycles. The zero-order valence-electron chi connectivity index (χ0n) is 16.6. The fraction of sp³-hybridized carbons (Fsp3) is 0.381. The van der Waals surface area contributed by atoms with Gasteiger partial charge in [0.15, 0.2) is 5.82 Å². The molecule has 0 spiro atoms. The van der Waals surface area contributed by atoms with Crippen LogP contribution in [0.1, 0.15) is 32.6 Å². The lowest BCUT2D eigenvalue weighted by molar-refractivity contribution is -0.120. The van der Waals surface area contributed by atoms with Crippen molar-refractivity contribution in [2.75, 3.05) is 16.8 Å². The predicted molar refractivity (Wildman–Crippen MR) is 110 cm³/mol. The normalized spacial score (nSPS) is 19.2. The van der Waals surface area contributed by atoms with Crippen molar-refractivity contribution < 1.29 is 4.79 Å². The second kappa shape index (κ2) is 6.95. The summed E-state index contributed by atoms with van der Waals surface area (Å²) in [5, 5.41) is 0. The Bertz CT molecular complexity index is 1040. The Morgan fingerprint density at radius 2 is 1.93 bits per heavy atom. The number of aromatic nitrogens is 5. The topological polar surface area (TPSA) is 80.0 Å². The number of likely N-dealkylation sites (N-methyl/N-ethyl adjacent to an activating group) is 1. The summed E-state index contributed by atoms with van der Waals surface area (Å²) in [5.74, 6) is 2.26. The molecule has 29 heavy (non-hydrogen) atoms. The van der Waals surface area contributed by atoms with E-state index in [0.29, 0.717) is 12.0 Å². The van der Waals surface area contributed by atoms with E-state index in [-0.39, 0.29) is 11.9 Å². The Kier molecular flexibility index (Phi) is 4.26. The van der Waals surface area contributed by atoms with Crippen molar-refractivity contribution in [2.45, 2.75) is 44.7 Å². The lowest BCUT2D eigenvalue weighted by Gasteiger charge is -2.47. The van der Waals surface area contributed by atoms with Crippen LogP contribution in [0.25, 0.3) is 17.3 Å². The first-order valence-corrected chi connectivity index (χ1v) is 10.1. The van der Waals surface area contributed by atoms with Crippen LogP contribution in [0.15, 0.2) is 43.1 Å².